The topological polar surface area (TPSA) is 56.1 Å². The molecule has 5 nitrogen and oxygen atoms in total. The van der Waals surface area contributed by atoms with Gasteiger partial charge in [0.2, 0.25) is 0 Å². The first kappa shape index (κ1) is 15.1. The van der Waals surface area contributed by atoms with E-state index in [1.54, 1.807) is 13.3 Å². The van der Waals surface area contributed by atoms with Crippen LogP contribution in [0.1, 0.15) is 5.56 Å². The third-order valence-electron chi connectivity index (χ3n) is 2.87. The first-order chi connectivity index (χ1) is 10.2. The summed E-state index contributed by atoms with van der Waals surface area (Å²) in [6.07, 6.45) is 6.76. The van der Waals surface area contributed by atoms with Gasteiger partial charge in [-0.1, -0.05) is 18.1 Å². The molecule has 0 aliphatic carbocycles. The highest BCUT2D eigenvalue weighted by atomic mass is 79.9. The number of hydrogen-bond acceptors (Lipinski definition) is 4. The minimum Gasteiger partial charge on any atom is -0.497 e. The minimum absolute atomic E-state index is 0.149. The van der Waals surface area contributed by atoms with E-state index in [9.17, 15) is 4.79 Å². The number of nitrogens with one attached hydrogen (secondary N) is 1. The van der Waals surface area contributed by atoms with Crippen LogP contribution in [0.2, 0.25) is 0 Å². The SMILES string of the molecule is C#CCn1ncc(NCc2ccc(OC)cc2)c(Br)c1=O. The van der Waals surface area contributed by atoms with Gasteiger partial charge in [-0.15, -0.1) is 6.42 Å². The molecule has 0 spiro atoms. The predicted molar refractivity (Wildman–Crippen MR) is 85.4 cm³/mol. The maximum Gasteiger partial charge on any atom is 0.284 e. The molecule has 21 heavy (non-hydrogen) atoms. The molecular weight excluding hydrogens is 334 g/mol. The van der Waals surface area contributed by atoms with Gasteiger partial charge in [-0.3, -0.25) is 4.79 Å². The van der Waals surface area contributed by atoms with Crippen LogP contribution in [0, 0.1) is 12.3 Å². The molecule has 108 valence electrons. The second-order valence-corrected chi connectivity index (χ2v) is 5.03. The largest absolute Gasteiger partial charge is 0.497 e. The van der Waals surface area contributed by atoms with Crippen LogP contribution in [0.15, 0.2) is 39.7 Å². The molecule has 6 heteroatoms. The summed E-state index contributed by atoms with van der Waals surface area (Å²) in [5, 5.41) is 7.18. The van der Waals surface area contributed by atoms with Crippen LogP contribution in [0.25, 0.3) is 0 Å². The van der Waals surface area contributed by atoms with E-state index in [1.807, 2.05) is 24.3 Å². The molecule has 0 saturated carbocycles. The first-order valence-corrected chi connectivity index (χ1v) is 7.01. The zero-order valence-corrected chi connectivity index (χ0v) is 13.1. The average Bonchev–Trinajstić information content (AvgIpc) is 2.52. The van der Waals surface area contributed by atoms with Crippen molar-refractivity contribution in [1.82, 2.24) is 9.78 Å². The highest BCUT2D eigenvalue weighted by molar-refractivity contribution is 9.10. The van der Waals surface area contributed by atoms with Crippen LogP contribution in [0.5, 0.6) is 5.75 Å². The van der Waals surface area contributed by atoms with E-state index in [-0.39, 0.29) is 12.1 Å². The third-order valence-corrected chi connectivity index (χ3v) is 3.63. The van der Waals surface area contributed by atoms with Crippen molar-refractivity contribution in [1.29, 1.82) is 0 Å². The Balaban J connectivity index is 2.11. The Morgan fingerprint density at radius 1 is 1.43 bits per heavy atom. The molecule has 0 aliphatic heterocycles. The molecule has 1 aromatic carbocycles. The lowest BCUT2D eigenvalue weighted by Gasteiger charge is -2.10. The molecule has 2 aromatic rings. The Kier molecular flexibility index (Phi) is 5.01. The monoisotopic (exact) mass is 347 g/mol. The van der Waals surface area contributed by atoms with Crippen LogP contribution < -0.4 is 15.6 Å². The predicted octanol–water partition coefficient (Wildman–Crippen LogP) is 2.26. The van der Waals surface area contributed by atoms with Crippen molar-refractivity contribution in [3.8, 4) is 18.1 Å². The summed E-state index contributed by atoms with van der Waals surface area (Å²) in [6.45, 7) is 0.721. The minimum atomic E-state index is -0.257. The lowest BCUT2D eigenvalue weighted by molar-refractivity contribution is 0.414. The number of rotatable bonds is 5. The summed E-state index contributed by atoms with van der Waals surface area (Å²) in [5.41, 5.74) is 1.44. The van der Waals surface area contributed by atoms with Crippen molar-refractivity contribution in [2.24, 2.45) is 0 Å². The molecule has 1 heterocycles. The number of aromatic nitrogens is 2. The third kappa shape index (κ3) is 3.64. The van der Waals surface area contributed by atoms with Gasteiger partial charge in [0.15, 0.2) is 0 Å². The zero-order valence-electron chi connectivity index (χ0n) is 11.5. The van der Waals surface area contributed by atoms with Gasteiger partial charge in [-0.2, -0.15) is 5.10 Å². The van der Waals surface area contributed by atoms with Crippen LogP contribution in [-0.4, -0.2) is 16.9 Å². The number of benzene rings is 1. The van der Waals surface area contributed by atoms with Crippen molar-refractivity contribution < 1.29 is 4.74 Å². The van der Waals surface area contributed by atoms with E-state index in [2.05, 4.69) is 32.3 Å². The van der Waals surface area contributed by atoms with Gasteiger partial charge >= 0.3 is 0 Å². The molecular formula is C15H14BrN3O2. The summed E-state index contributed by atoms with van der Waals surface area (Å²) < 4.78 is 6.75. The van der Waals surface area contributed by atoms with E-state index in [4.69, 9.17) is 11.2 Å². The number of halogens is 1. The second-order valence-electron chi connectivity index (χ2n) is 4.24. The summed E-state index contributed by atoms with van der Waals surface area (Å²) in [7, 11) is 1.63. The Hall–Kier alpha value is -2.26. The van der Waals surface area contributed by atoms with Crippen molar-refractivity contribution in [3.63, 3.8) is 0 Å². The van der Waals surface area contributed by atoms with Gasteiger partial charge in [-0.05, 0) is 33.6 Å². The standard InChI is InChI=1S/C15H14BrN3O2/c1-3-8-19-15(20)14(16)13(10-18-19)17-9-11-4-6-12(21-2)7-5-11/h1,4-7,10,17H,8-9H2,2H3. The van der Waals surface area contributed by atoms with Gasteiger partial charge in [0.1, 0.15) is 16.8 Å². The Morgan fingerprint density at radius 2 is 2.14 bits per heavy atom. The quantitative estimate of drug-likeness (QED) is 0.843. The van der Waals surface area contributed by atoms with Gasteiger partial charge in [0.25, 0.3) is 5.56 Å². The van der Waals surface area contributed by atoms with Crippen molar-refractivity contribution in [2.45, 2.75) is 13.1 Å². The number of terminal acetylenes is 1. The highest BCUT2D eigenvalue weighted by Crippen LogP contribution is 2.18. The number of nitrogens with zero attached hydrogens (tertiary/aromatic N) is 2. The molecule has 0 atom stereocenters. The summed E-state index contributed by atoms with van der Waals surface area (Å²) in [4.78, 5) is 12.0. The van der Waals surface area contributed by atoms with Crippen LogP contribution in [0.4, 0.5) is 5.69 Å². The molecule has 1 aromatic heterocycles. The fraction of sp³-hybridized carbons (Fsp3) is 0.200. The Labute approximate surface area is 131 Å². The summed E-state index contributed by atoms with van der Waals surface area (Å²) >= 11 is 3.27. The summed E-state index contributed by atoms with van der Waals surface area (Å²) in [6, 6.07) is 7.67. The number of anilines is 1. The zero-order chi connectivity index (χ0) is 15.2. The smallest absolute Gasteiger partial charge is 0.284 e. The molecule has 2 rings (SSSR count). The van der Waals surface area contributed by atoms with E-state index in [0.29, 0.717) is 16.7 Å². The van der Waals surface area contributed by atoms with E-state index >= 15 is 0 Å². The first-order valence-electron chi connectivity index (χ1n) is 6.21. The number of methoxy groups -OCH3 is 1. The summed E-state index contributed by atoms with van der Waals surface area (Å²) in [5.74, 6) is 3.19. The molecule has 1 N–H and O–H groups in total. The fourth-order valence-corrected chi connectivity index (χ4v) is 2.18. The van der Waals surface area contributed by atoms with Gasteiger partial charge in [0, 0.05) is 6.54 Å². The molecule has 0 fully saturated rings. The van der Waals surface area contributed by atoms with Crippen molar-refractivity contribution in [2.75, 3.05) is 12.4 Å². The van der Waals surface area contributed by atoms with Crippen molar-refractivity contribution >= 4 is 21.6 Å². The highest BCUT2D eigenvalue weighted by Gasteiger charge is 2.08. The van der Waals surface area contributed by atoms with Crippen LogP contribution in [-0.2, 0) is 13.1 Å². The second kappa shape index (κ2) is 6.95. The average molecular weight is 348 g/mol. The Bertz CT molecular complexity index is 717. The van der Waals surface area contributed by atoms with Gasteiger partial charge in [-0.25, -0.2) is 4.68 Å². The molecule has 0 unspecified atom stereocenters. The maximum atomic E-state index is 12.0. The Morgan fingerprint density at radius 3 is 2.76 bits per heavy atom. The van der Waals surface area contributed by atoms with Crippen LogP contribution in [0.3, 0.4) is 0 Å². The lowest BCUT2D eigenvalue weighted by Crippen LogP contribution is -2.24. The molecule has 0 radical (unpaired) electrons. The van der Waals surface area contributed by atoms with Gasteiger partial charge in [0.05, 0.1) is 19.0 Å². The molecule has 0 saturated heterocycles. The molecule has 0 bridgehead atoms. The van der Waals surface area contributed by atoms with Crippen molar-refractivity contribution in [3.05, 3.63) is 50.9 Å². The molecule has 0 amide bonds. The van der Waals surface area contributed by atoms with E-state index < -0.39 is 0 Å². The van der Waals surface area contributed by atoms with Crippen LogP contribution >= 0.6 is 15.9 Å². The number of ether oxygens (including phenoxy) is 1. The molecule has 0 aliphatic rings. The van der Waals surface area contributed by atoms with E-state index in [1.165, 1.54) is 4.68 Å². The lowest BCUT2D eigenvalue weighted by atomic mass is 10.2. The van der Waals surface area contributed by atoms with Gasteiger partial charge < -0.3 is 10.1 Å². The maximum absolute atomic E-state index is 12.0. The van der Waals surface area contributed by atoms with E-state index in [0.717, 1.165) is 11.3 Å². The fourth-order valence-electron chi connectivity index (χ4n) is 1.73. The normalized spacial score (nSPS) is 9.95. The number of hydrogen-bond donors (Lipinski definition) is 1.